The molecule has 7 nitrogen and oxygen atoms in total. The molecule has 0 unspecified atom stereocenters. The van der Waals surface area contributed by atoms with Crippen molar-refractivity contribution in [1.82, 2.24) is 0 Å². The molecule has 0 aliphatic carbocycles. The van der Waals surface area contributed by atoms with Crippen LogP contribution in [0.1, 0.15) is 24.2 Å². The van der Waals surface area contributed by atoms with E-state index >= 15 is 0 Å². The van der Waals surface area contributed by atoms with Gasteiger partial charge in [0.1, 0.15) is 12.4 Å². The molecule has 0 saturated carbocycles. The third kappa shape index (κ3) is 4.51. The summed E-state index contributed by atoms with van der Waals surface area (Å²) < 4.78 is 10.5. The van der Waals surface area contributed by atoms with Gasteiger partial charge in [-0.05, 0) is 12.0 Å². The van der Waals surface area contributed by atoms with E-state index < -0.39 is 22.1 Å². The van der Waals surface area contributed by atoms with Crippen molar-refractivity contribution < 1.29 is 24.3 Å². The zero-order valence-electron chi connectivity index (χ0n) is 11.4. The molecule has 1 aromatic rings. The summed E-state index contributed by atoms with van der Waals surface area (Å²) >= 11 is 0. The average Bonchev–Trinajstić information content (AvgIpc) is 2.37. The van der Waals surface area contributed by atoms with Crippen LogP contribution in [-0.4, -0.2) is 35.8 Å². The summed E-state index contributed by atoms with van der Waals surface area (Å²) in [4.78, 5) is 21.2. The van der Waals surface area contributed by atoms with E-state index in [0.717, 1.165) is 6.07 Å². The van der Waals surface area contributed by atoms with Gasteiger partial charge in [-0.25, -0.2) is 4.79 Å². The first-order chi connectivity index (χ1) is 9.43. The minimum atomic E-state index is -1.39. The molecule has 0 bridgehead atoms. The van der Waals surface area contributed by atoms with Gasteiger partial charge in [-0.3, -0.25) is 10.1 Å². The molecule has 0 spiro atoms. The van der Waals surface area contributed by atoms with Crippen LogP contribution in [0.3, 0.4) is 0 Å². The van der Waals surface area contributed by atoms with E-state index in [1.165, 1.54) is 12.1 Å². The molecule has 1 aromatic carbocycles. The van der Waals surface area contributed by atoms with Crippen molar-refractivity contribution in [3.63, 3.8) is 0 Å². The Balaban J connectivity index is 2.72. The smallest absolute Gasteiger partial charge is 0.346 e. The molecule has 1 rings (SSSR count). The fourth-order valence-electron chi connectivity index (χ4n) is 1.54. The lowest BCUT2D eigenvalue weighted by atomic mass is 10.1. The van der Waals surface area contributed by atoms with E-state index in [1.807, 2.05) is 13.8 Å². The zero-order chi connectivity index (χ0) is 15.1. The number of hydrogen-bond acceptors (Lipinski definition) is 5. The van der Waals surface area contributed by atoms with E-state index in [4.69, 9.17) is 14.6 Å². The third-order valence-electron chi connectivity index (χ3n) is 2.35. The maximum atomic E-state index is 11.1. The highest BCUT2D eigenvalue weighted by Crippen LogP contribution is 2.28. The fourth-order valence-corrected chi connectivity index (χ4v) is 1.54. The lowest BCUT2D eigenvalue weighted by Gasteiger charge is -2.10. The second-order valence-electron chi connectivity index (χ2n) is 4.53. The van der Waals surface area contributed by atoms with Gasteiger partial charge < -0.3 is 14.6 Å². The Bertz CT molecular complexity index is 486. The third-order valence-corrected chi connectivity index (χ3v) is 2.35. The lowest BCUT2D eigenvalue weighted by molar-refractivity contribution is -0.385. The van der Waals surface area contributed by atoms with Gasteiger partial charge in [0, 0.05) is 12.7 Å². The van der Waals surface area contributed by atoms with Gasteiger partial charge in [-0.15, -0.1) is 0 Å². The first-order valence-corrected chi connectivity index (χ1v) is 6.14. The topological polar surface area (TPSA) is 98.9 Å². The van der Waals surface area contributed by atoms with Crippen molar-refractivity contribution in [1.29, 1.82) is 0 Å². The summed E-state index contributed by atoms with van der Waals surface area (Å²) in [6.45, 7) is 5.01. The molecule has 20 heavy (non-hydrogen) atoms. The van der Waals surface area contributed by atoms with Gasteiger partial charge in [0.05, 0.1) is 11.5 Å². The summed E-state index contributed by atoms with van der Waals surface area (Å²) in [6, 6.07) is 3.90. The van der Waals surface area contributed by atoms with Gasteiger partial charge >= 0.3 is 5.97 Å². The minimum Gasteiger partial charge on any atom is -0.490 e. The summed E-state index contributed by atoms with van der Waals surface area (Å²) in [5.41, 5.74) is -0.931. The molecular weight excluding hydrogens is 266 g/mol. The minimum absolute atomic E-state index is 0.0279. The second kappa shape index (κ2) is 7.44. The maximum Gasteiger partial charge on any atom is 0.346 e. The van der Waals surface area contributed by atoms with Crippen LogP contribution in [-0.2, 0) is 4.74 Å². The Morgan fingerprint density at radius 3 is 2.65 bits per heavy atom. The zero-order valence-corrected chi connectivity index (χ0v) is 11.4. The SMILES string of the molecule is CC(C)COCCOc1cccc([N+](=O)[O-])c1C(=O)O. The second-order valence-corrected chi connectivity index (χ2v) is 4.53. The van der Waals surface area contributed by atoms with Crippen molar-refractivity contribution in [2.45, 2.75) is 13.8 Å². The number of benzene rings is 1. The molecule has 0 atom stereocenters. The number of nitrogens with zero attached hydrogens (tertiary/aromatic N) is 1. The molecule has 0 aliphatic heterocycles. The molecule has 0 heterocycles. The van der Waals surface area contributed by atoms with Crippen LogP contribution in [0, 0.1) is 16.0 Å². The van der Waals surface area contributed by atoms with E-state index in [9.17, 15) is 14.9 Å². The van der Waals surface area contributed by atoms with E-state index in [0.29, 0.717) is 19.1 Å². The van der Waals surface area contributed by atoms with Crippen LogP contribution in [0.2, 0.25) is 0 Å². The molecule has 0 aliphatic rings. The number of ether oxygens (including phenoxy) is 2. The van der Waals surface area contributed by atoms with Gasteiger partial charge in [0.25, 0.3) is 5.69 Å². The van der Waals surface area contributed by atoms with Gasteiger partial charge in [0.2, 0.25) is 0 Å². The van der Waals surface area contributed by atoms with Crippen LogP contribution in [0.4, 0.5) is 5.69 Å². The Morgan fingerprint density at radius 1 is 1.40 bits per heavy atom. The van der Waals surface area contributed by atoms with Crippen molar-refractivity contribution >= 4 is 11.7 Å². The van der Waals surface area contributed by atoms with E-state index in [2.05, 4.69) is 0 Å². The molecule has 0 aromatic heterocycles. The first kappa shape index (κ1) is 15.9. The first-order valence-electron chi connectivity index (χ1n) is 6.14. The number of aromatic carboxylic acids is 1. The molecule has 0 radical (unpaired) electrons. The number of hydrogen-bond donors (Lipinski definition) is 1. The highest BCUT2D eigenvalue weighted by Gasteiger charge is 2.24. The molecule has 0 saturated heterocycles. The van der Waals surface area contributed by atoms with E-state index in [1.54, 1.807) is 0 Å². The highest BCUT2D eigenvalue weighted by atomic mass is 16.6. The van der Waals surface area contributed by atoms with Crippen LogP contribution in [0.15, 0.2) is 18.2 Å². The highest BCUT2D eigenvalue weighted by molar-refractivity contribution is 5.95. The summed E-state index contributed by atoms with van der Waals surface area (Å²) in [5.74, 6) is -1.03. The average molecular weight is 283 g/mol. The van der Waals surface area contributed by atoms with E-state index in [-0.39, 0.29) is 12.4 Å². The largest absolute Gasteiger partial charge is 0.490 e. The molecule has 1 N–H and O–H groups in total. The van der Waals surface area contributed by atoms with Gasteiger partial charge in [0.15, 0.2) is 5.56 Å². The monoisotopic (exact) mass is 283 g/mol. The summed E-state index contributed by atoms with van der Waals surface area (Å²) in [6.07, 6.45) is 0. The maximum absolute atomic E-state index is 11.1. The van der Waals surface area contributed by atoms with Crippen molar-refractivity contribution in [2.24, 2.45) is 5.92 Å². The molecular formula is C13H17NO6. The van der Waals surface area contributed by atoms with Crippen molar-refractivity contribution in [3.05, 3.63) is 33.9 Å². The number of nitro benzene ring substituents is 1. The Morgan fingerprint density at radius 2 is 2.10 bits per heavy atom. The summed E-state index contributed by atoms with van der Waals surface area (Å²) in [5, 5.41) is 19.8. The van der Waals surface area contributed by atoms with Crippen LogP contribution >= 0.6 is 0 Å². The Kier molecular flexibility index (Phi) is 5.92. The van der Waals surface area contributed by atoms with Crippen LogP contribution < -0.4 is 4.74 Å². The Hall–Kier alpha value is -2.15. The lowest BCUT2D eigenvalue weighted by Crippen LogP contribution is -2.12. The number of nitro groups is 1. The molecule has 0 fully saturated rings. The molecule has 110 valence electrons. The Labute approximate surface area is 116 Å². The number of rotatable bonds is 8. The summed E-state index contributed by atoms with van der Waals surface area (Å²) in [7, 11) is 0. The van der Waals surface area contributed by atoms with Crippen molar-refractivity contribution in [2.75, 3.05) is 19.8 Å². The van der Waals surface area contributed by atoms with Crippen molar-refractivity contribution in [3.8, 4) is 5.75 Å². The number of carbonyl (C=O) groups is 1. The molecule has 0 amide bonds. The van der Waals surface area contributed by atoms with Crippen LogP contribution in [0.5, 0.6) is 5.75 Å². The van der Waals surface area contributed by atoms with Gasteiger partial charge in [-0.2, -0.15) is 0 Å². The fraction of sp³-hybridized carbons (Fsp3) is 0.462. The molecule has 7 heteroatoms. The number of carboxylic acids is 1. The predicted octanol–water partition coefficient (Wildman–Crippen LogP) is 2.34. The number of carboxylic acid groups (broad SMARTS) is 1. The quantitative estimate of drug-likeness (QED) is 0.446. The predicted molar refractivity (Wildman–Crippen MR) is 71.2 cm³/mol. The van der Waals surface area contributed by atoms with Crippen LogP contribution in [0.25, 0.3) is 0 Å². The normalized spacial score (nSPS) is 10.6. The standard InChI is InChI=1S/C13H17NO6/c1-9(2)8-19-6-7-20-11-5-3-4-10(14(17)18)12(11)13(15)16/h3-5,9H,6-8H2,1-2H3,(H,15,16). The van der Waals surface area contributed by atoms with Gasteiger partial charge in [-0.1, -0.05) is 19.9 Å².